The smallest absolute Gasteiger partial charge is 0.410 e. The van der Waals surface area contributed by atoms with Crippen LogP contribution < -0.4 is 5.32 Å². The van der Waals surface area contributed by atoms with E-state index in [1.54, 1.807) is 49.8 Å². The molecule has 1 aromatic carbocycles. The van der Waals surface area contributed by atoms with Crippen LogP contribution in [0.1, 0.15) is 27.2 Å². The molecule has 0 aliphatic carbocycles. The predicted molar refractivity (Wildman–Crippen MR) is 147 cm³/mol. The summed E-state index contributed by atoms with van der Waals surface area (Å²) in [6, 6.07) is 11.3. The van der Waals surface area contributed by atoms with Gasteiger partial charge in [0.15, 0.2) is 5.65 Å². The van der Waals surface area contributed by atoms with Gasteiger partial charge in [0.1, 0.15) is 23.0 Å². The fourth-order valence-electron chi connectivity index (χ4n) is 4.62. The third-order valence-electron chi connectivity index (χ3n) is 6.53. The lowest BCUT2D eigenvalue weighted by atomic mass is 9.87. The zero-order chi connectivity index (χ0) is 29.6. The molecule has 3 aromatic heterocycles. The molecule has 0 spiro atoms. The molecule has 0 saturated carbocycles. The number of ether oxygens (including phenoxy) is 1. The van der Waals surface area contributed by atoms with Gasteiger partial charge in [-0.25, -0.2) is 22.2 Å². The van der Waals surface area contributed by atoms with E-state index < -0.39 is 32.2 Å². The summed E-state index contributed by atoms with van der Waals surface area (Å²) in [6.07, 6.45) is 4.86. The van der Waals surface area contributed by atoms with Crippen molar-refractivity contribution < 1.29 is 22.9 Å². The number of pyridine rings is 1. The van der Waals surface area contributed by atoms with E-state index in [4.69, 9.17) is 4.74 Å². The zero-order valence-electron chi connectivity index (χ0n) is 22.4. The number of nitriles is 1. The van der Waals surface area contributed by atoms with E-state index in [2.05, 4.69) is 21.5 Å². The number of hydrogen-bond acceptors (Lipinski definition) is 10. The van der Waals surface area contributed by atoms with Gasteiger partial charge < -0.3 is 15.0 Å². The summed E-state index contributed by atoms with van der Waals surface area (Å²) in [4.78, 5) is 29.3. The van der Waals surface area contributed by atoms with Gasteiger partial charge in [-0.2, -0.15) is 10.4 Å². The minimum absolute atomic E-state index is 0.00212. The number of fused-ring (bicyclic) bond motifs is 1. The van der Waals surface area contributed by atoms with Gasteiger partial charge in [0.25, 0.3) is 10.0 Å². The van der Waals surface area contributed by atoms with Crippen molar-refractivity contribution in [1.29, 1.82) is 5.26 Å². The van der Waals surface area contributed by atoms with E-state index in [-0.39, 0.29) is 46.8 Å². The van der Waals surface area contributed by atoms with E-state index >= 15 is 0 Å². The lowest BCUT2D eigenvalue weighted by Gasteiger charge is -2.48. The third kappa shape index (κ3) is 5.05. The summed E-state index contributed by atoms with van der Waals surface area (Å²) in [5.41, 5.74) is -1.46. The molecule has 4 heterocycles. The highest BCUT2D eigenvalue weighted by atomic mass is 32.2. The molecule has 1 aliphatic rings. The number of benzene rings is 1. The minimum Gasteiger partial charge on any atom is -0.444 e. The van der Waals surface area contributed by atoms with Crippen LogP contribution >= 0.6 is 0 Å². The maximum atomic E-state index is 13.3. The summed E-state index contributed by atoms with van der Waals surface area (Å²) in [6.45, 7) is 5.67. The van der Waals surface area contributed by atoms with Crippen LogP contribution in [-0.2, 0) is 20.3 Å². The number of aromatic nitrogens is 4. The molecule has 212 valence electrons. The van der Waals surface area contributed by atoms with Crippen LogP contribution in [0.2, 0.25) is 0 Å². The molecule has 15 heteroatoms. The van der Waals surface area contributed by atoms with Crippen molar-refractivity contribution in [3.05, 3.63) is 71.3 Å². The Balaban J connectivity index is 1.47. The lowest BCUT2D eigenvalue weighted by molar-refractivity contribution is -0.384. The van der Waals surface area contributed by atoms with E-state index in [0.717, 1.165) is 10.2 Å². The number of rotatable bonds is 7. The van der Waals surface area contributed by atoms with Crippen LogP contribution in [0.4, 0.5) is 21.9 Å². The van der Waals surface area contributed by atoms with Gasteiger partial charge in [-0.05, 0) is 39.0 Å². The Kier molecular flexibility index (Phi) is 6.66. The maximum Gasteiger partial charge on any atom is 0.410 e. The van der Waals surface area contributed by atoms with Gasteiger partial charge in [0.2, 0.25) is 0 Å². The average molecular weight is 579 g/mol. The van der Waals surface area contributed by atoms with E-state index in [9.17, 15) is 28.6 Å². The van der Waals surface area contributed by atoms with Gasteiger partial charge in [0, 0.05) is 12.4 Å². The van der Waals surface area contributed by atoms with Gasteiger partial charge in [-0.15, -0.1) is 0 Å². The molecule has 1 aliphatic heterocycles. The Bertz CT molecular complexity index is 1790. The van der Waals surface area contributed by atoms with Crippen LogP contribution in [0.15, 0.2) is 66.1 Å². The maximum absolute atomic E-state index is 13.3. The van der Waals surface area contributed by atoms with Crippen LogP contribution in [0.5, 0.6) is 0 Å². The number of nitro groups is 1. The standard InChI is InChI=1S/C26H26N8O6S/c1-25(2,3)40-24(35)31-16-26(17-31,10-11-27)33-15-18(13-29-33)30-22-20-9-12-32(23(20)28-14-21(22)34(36)37)41(38,39)19-7-5-4-6-8-19/h4-9,12-15H,10,16-17H2,1-3H3,(H,28,30). The molecule has 0 unspecified atom stereocenters. The first-order chi connectivity index (χ1) is 19.3. The average Bonchev–Trinajstić information content (AvgIpc) is 3.53. The summed E-state index contributed by atoms with van der Waals surface area (Å²) < 4.78 is 34.4. The number of amides is 1. The van der Waals surface area contributed by atoms with Gasteiger partial charge in [0.05, 0.1) is 52.7 Å². The number of nitrogens with zero attached hydrogens (tertiary/aromatic N) is 7. The van der Waals surface area contributed by atoms with Crippen LogP contribution in [0, 0.1) is 21.4 Å². The Hall–Kier alpha value is -4.97. The minimum atomic E-state index is -4.02. The van der Waals surface area contributed by atoms with Crippen molar-refractivity contribution in [2.24, 2.45) is 0 Å². The number of likely N-dealkylation sites (tertiary alicyclic amines) is 1. The number of nitrogens with one attached hydrogen (secondary N) is 1. The van der Waals surface area contributed by atoms with E-state index in [1.165, 1.54) is 35.5 Å². The number of carbonyl (C=O) groups excluding carboxylic acids is 1. The second-order valence-corrected chi connectivity index (χ2v) is 12.5. The second-order valence-electron chi connectivity index (χ2n) is 10.6. The monoisotopic (exact) mass is 578 g/mol. The third-order valence-corrected chi connectivity index (χ3v) is 8.21. The lowest BCUT2D eigenvalue weighted by Crippen LogP contribution is -2.64. The fraction of sp³-hybridized carbons (Fsp3) is 0.308. The summed E-state index contributed by atoms with van der Waals surface area (Å²) >= 11 is 0. The van der Waals surface area contributed by atoms with Crippen molar-refractivity contribution >= 4 is 44.2 Å². The summed E-state index contributed by atoms with van der Waals surface area (Å²) in [7, 11) is -4.02. The zero-order valence-corrected chi connectivity index (χ0v) is 23.2. The Morgan fingerprint density at radius 3 is 2.56 bits per heavy atom. The van der Waals surface area contributed by atoms with Crippen molar-refractivity contribution in [2.75, 3.05) is 18.4 Å². The molecule has 0 atom stereocenters. The quantitative estimate of drug-likeness (QED) is 0.249. The number of carbonyl (C=O) groups is 1. The number of hydrogen-bond donors (Lipinski definition) is 1. The van der Waals surface area contributed by atoms with Gasteiger partial charge in [-0.1, -0.05) is 18.2 Å². The molecule has 1 N–H and O–H groups in total. The van der Waals surface area contributed by atoms with E-state index in [0.29, 0.717) is 5.69 Å². The summed E-state index contributed by atoms with van der Waals surface area (Å²) in [5.74, 6) is 0. The highest BCUT2D eigenvalue weighted by molar-refractivity contribution is 7.90. The molecule has 41 heavy (non-hydrogen) atoms. The molecule has 1 amide bonds. The molecular formula is C26H26N8O6S. The van der Waals surface area contributed by atoms with Gasteiger partial charge in [-0.3, -0.25) is 14.8 Å². The molecule has 0 radical (unpaired) electrons. The molecule has 1 fully saturated rings. The number of anilines is 2. The van der Waals surface area contributed by atoms with Crippen LogP contribution in [-0.4, -0.2) is 61.8 Å². The van der Waals surface area contributed by atoms with Crippen molar-refractivity contribution in [3.8, 4) is 6.07 Å². The highest BCUT2D eigenvalue weighted by Gasteiger charge is 2.49. The second kappa shape index (κ2) is 9.89. The van der Waals surface area contributed by atoms with Crippen molar-refractivity contribution in [2.45, 2.75) is 43.2 Å². The molecule has 0 bridgehead atoms. The van der Waals surface area contributed by atoms with Crippen LogP contribution in [0.25, 0.3) is 11.0 Å². The first-order valence-corrected chi connectivity index (χ1v) is 13.9. The highest BCUT2D eigenvalue weighted by Crippen LogP contribution is 2.37. The van der Waals surface area contributed by atoms with Crippen molar-refractivity contribution in [3.63, 3.8) is 0 Å². The Morgan fingerprint density at radius 2 is 1.93 bits per heavy atom. The summed E-state index contributed by atoms with van der Waals surface area (Å²) in [5, 5.41) is 28.9. The molecule has 1 saturated heterocycles. The predicted octanol–water partition coefficient (Wildman–Crippen LogP) is 3.98. The Labute approximate surface area is 235 Å². The first-order valence-electron chi connectivity index (χ1n) is 12.5. The molecule has 14 nitrogen and oxygen atoms in total. The fourth-order valence-corrected chi connectivity index (χ4v) is 5.94. The largest absolute Gasteiger partial charge is 0.444 e. The van der Waals surface area contributed by atoms with Crippen LogP contribution in [0.3, 0.4) is 0 Å². The van der Waals surface area contributed by atoms with E-state index in [1.807, 2.05) is 0 Å². The van der Waals surface area contributed by atoms with Gasteiger partial charge >= 0.3 is 11.8 Å². The molecule has 5 rings (SSSR count). The molecular weight excluding hydrogens is 552 g/mol. The molecule has 4 aromatic rings. The Morgan fingerprint density at radius 1 is 1.22 bits per heavy atom. The first kappa shape index (κ1) is 27.6. The normalized spacial score (nSPS) is 14.7. The SMILES string of the molecule is CC(C)(C)OC(=O)N1CC(CC#N)(n2cc(Nc3c([N+](=O)[O-])cnc4c3ccn4S(=O)(=O)c3ccccc3)cn2)C1. The van der Waals surface area contributed by atoms with Crippen molar-refractivity contribution in [1.82, 2.24) is 23.6 Å². The topological polar surface area (TPSA) is 178 Å².